The van der Waals surface area contributed by atoms with Crippen LogP contribution in [0, 0.1) is 0 Å². The van der Waals surface area contributed by atoms with Gasteiger partial charge in [-0.3, -0.25) is 0 Å². The highest BCUT2D eigenvalue weighted by Gasteiger charge is 2.16. The van der Waals surface area contributed by atoms with Crippen LogP contribution in [0.5, 0.6) is 0 Å². The Labute approximate surface area is 120 Å². The molecule has 2 nitrogen and oxygen atoms in total. The van der Waals surface area contributed by atoms with E-state index in [2.05, 4.69) is 55.9 Å². The van der Waals surface area contributed by atoms with Gasteiger partial charge in [0.1, 0.15) is 5.82 Å². The molecule has 18 heavy (non-hydrogen) atoms. The molecule has 0 aliphatic rings. The van der Waals surface area contributed by atoms with Crippen LogP contribution < -0.4 is 0 Å². The van der Waals surface area contributed by atoms with Gasteiger partial charge in [0.2, 0.25) is 0 Å². The molecule has 1 N–H and O–H groups in total. The lowest BCUT2D eigenvalue weighted by Gasteiger charge is -2.17. The number of halogens is 1. The first kappa shape index (κ1) is 15.0. The zero-order valence-corrected chi connectivity index (χ0v) is 13.1. The van der Waals surface area contributed by atoms with E-state index in [0.717, 1.165) is 5.82 Å². The molecule has 2 aromatic rings. The zero-order valence-electron chi connectivity index (χ0n) is 11.4. The van der Waals surface area contributed by atoms with Crippen molar-refractivity contribution in [1.29, 1.82) is 0 Å². The number of benzene rings is 1. The molecule has 0 unspecified atom stereocenters. The monoisotopic (exact) mass is 308 g/mol. The van der Waals surface area contributed by atoms with Crippen LogP contribution >= 0.6 is 17.0 Å². The SMILES string of the molecule is Br.CC(C)c1cccc(C(C)C)c1-c1ncc[nH]1. The predicted octanol–water partition coefficient (Wildman–Crippen LogP) is 4.90. The van der Waals surface area contributed by atoms with Crippen molar-refractivity contribution < 1.29 is 0 Å². The topological polar surface area (TPSA) is 28.7 Å². The van der Waals surface area contributed by atoms with Gasteiger partial charge in [0.05, 0.1) is 0 Å². The first-order chi connectivity index (χ1) is 8.11. The van der Waals surface area contributed by atoms with Crippen LogP contribution in [0.3, 0.4) is 0 Å². The molecule has 0 saturated heterocycles. The van der Waals surface area contributed by atoms with Crippen LogP contribution in [-0.4, -0.2) is 9.97 Å². The summed E-state index contributed by atoms with van der Waals surface area (Å²) < 4.78 is 0. The van der Waals surface area contributed by atoms with E-state index < -0.39 is 0 Å². The molecule has 0 radical (unpaired) electrons. The second-order valence-corrected chi connectivity index (χ2v) is 5.06. The van der Waals surface area contributed by atoms with Crippen LogP contribution in [0.2, 0.25) is 0 Å². The first-order valence-electron chi connectivity index (χ1n) is 6.23. The summed E-state index contributed by atoms with van der Waals surface area (Å²) in [6.45, 7) is 8.91. The lowest BCUT2D eigenvalue weighted by molar-refractivity contribution is 0.835. The third-order valence-corrected chi connectivity index (χ3v) is 3.11. The smallest absolute Gasteiger partial charge is 0.137 e. The van der Waals surface area contributed by atoms with E-state index >= 15 is 0 Å². The minimum atomic E-state index is 0. The number of hydrogen-bond donors (Lipinski definition) is 1. The van der Waals surface area contributed by atoms with Crippen molar-refractivity contribution in [3.8, 4) is 11.4 Å². The molecule has 0 aliphatic carbocycles. The van der Waals surface area contributed by atoms with Gasteiger partial charge >= 0.3 is 0 Å². The number of hydrogen-bond acceptors (Lipinski definition) is 1. The largest absolute Gasteiger partial charge is 0.345 e. The first-order valence-corrected chi connectivity index (χ1v) is 6.23. The summed E-state index contributed by atoms with van der Waals surface area (Å²) in [5, 5.41) is 0. The van der Waals surface area contributed by atoms with Crippen molar-refractivity contribution in [3.05, 3.63) is 41.7 Å². The summed E-state index contributed by atoms with van der Waals surface area (Å²) in [6, 6.07) is 6.56. The standard InChI is InChI=1S/C15H20N2.BrH/c1-10(2)12-6-5-7-13(11(3)4)14(12)15-16-8-9-17-15;/h5-11H,1-4H3,(H,16,17);1H. The molecule has 1 aromatic carbocycles. The number of rotatable bonds is 3. The number of aromatic amines is 1. The average Bonchev–Trinajstić information content (AvgIpc) is 2.80. The number of imidazole rings is 1. The summed E-state index contributed by atoms with van der Waals surface area (Å²) in [6.07, 6.45) is 3.70. The molecule has 0 aliphatic heterocycles. The Bertz CT molecular complexity index is 461. The summed E-state index contributed by atoms with van der Waals surface area (Å²) in [5.74, 6) is 2.00. The molecule has 0 spiro atoms. The maximum absolute atomic E-state index is 4.42. The van der Waals surface area contributed by atoms with Gasteiger partial charge in [-0.2, -0.15) is 0 Å². The van der Waals surface area contributed by atoms with E-state index in [1.165, 1.54) is 16.7 Å². The Morgan fingerprint density at radius 1 is 1.00 bits per heavy atom. The molecule has 1 aromatic heterocycles. The maximum atomic E-state index is 4.42. The lowest BCUT2D eigenvalue weighted by Crippen LogP contribution is -2.00. The maximum Gasteiger partial charge on any atom is 0.137 e. The van der Waals surface area contributed by atoms with Gasteiger partial charge in [0.25, 0.3) is 0 Å². The van der Waals surface area contributed by atoms with E-state index in [1.54, 1.807) is 0 Å². The fraction of sp³-hybridized carbons (Fsp3) is 0.400. The Morgan fingerprint density at radius 2 is 1.56 bits per heavy atom. The molecule has 98 valence electrons. The number of nitrogens with one attached hydrogen (secondary N) is 1. The molecule has 2 rings (SSSR count). The van der Waals surface area contributed by atoms with Gasteiger partial charge in [0, 0.05) is 18.0 Å². The van der Waals surface area contributed by atoms with Crippen molar-refractivity contribution in [2.45, 2.75) is 39.5 Å². The van der Waals surface area contributed by atoms with Crippen LogP contribution in [0.25, 0.3) is 11.4 Å². The zero-order chi connectivity index (χ0) is 12.4. The number of nitrogens with zero attached hydrogens (tertiary/aromatic N) is 1. The average molecular weight is 309 g/mol. The molecule has 0 fully saturated rings. The summed E-state index contributed by atoms with van der Waals surface area (Å²) in [4.78, 5) is 7.65. The minimum absolute atomic E-state index is 0. The van der Waals surface area contributed by atoms with Gasteiger partial charge in [-0.25, -0.2) is 4.98 Å². The third-order valence-electron chi connectivity index (χ3n) is 3.11. The molecule has 3 heteroatoms. The van der Waals surface area contributed by atoms with Crippen molar-refractivity contribution in [2.24, 2.45) is 0 Å². The van der Waals surface area contributed by atoms with Crippen molar-refractivity contribution in [3.63, 3.8) is 0 Å². The second kappa shape index (κ2) is 6.19. The van der Waals surface area contributed by atoms with Crippen LogP contribution in [0.15, 0.2) is 30.6 Å². The van der Waals surface area contributed by atoms with Crippen LogP contribution in [0.4, 0.5) is 0 Å². The quantitative estimate of drug-likeness (QED) is 0.858. The number of aromatic nitrogens is 2. The van der Waals surface area contributed by atoms with Gasteiger partial charge in [-0.1, -0.05) is 45.9 Å². The van der Waals surface area contributed by atoms with Crippen LogP contribution in [0.1, 0.15) is 50.7 Å². The summed E-state index contributed by atoms with van der Waals surface area (Å²) in [5.41, 5.74) is 4.01. The fourth-order valence-corrected chi connectivity index (χ4v) is 2.23. The highest BCUT2D eigenvalue weighted by Crippen LogP contribution is 2.33. The third kappa shape index (κ3) is 2.83. The Morgan fingerprint density at radius 3 is 1.94 bits per heavy atom. The molecule has 0 atom stereocenters. The highest BCUT2D eigenvalue weighted by atomic mass is 79.9. The second-order valence-electron chi connectivity index (χ2n) is 5.06. The lowest BCUT2D eigenvalue weighted by atomic mass is 9.88. The fourth-order valence-electron chi connectivity index (χ4n) is 2.23. The van der Waals surface area contributed by atoms with Crippen molar-refractivity contribution in [1.82, 2.24) is 9.97 Å². The Kier molecular flexibility index (Phi) is 5.15. The summed E-state index contributed by atoms with van der Waals surface area (Å²) >= 11 is 0. The van der Waals surface area contributed by atoms with Gasteiger partial charge in [-0.15, -0.1) is 17.0 Å². The minimum Gasteiger partial charge on any atom is -0.345 e. The van der Waals surface area contributed by atoms with Crippen molar-refractivity contribution >= 4 is 17.0 Å². The van der Waals surface area contributed by atoms with E-state index in [0.29, 0.717) is 11.8 Å². The molecular weight excluding hydrogens is 288 g/mol. The molecule has 0 amide bonds. The summed E-state index contributed by atoms with van der Waals surface area (Å²) in [7, 11) is 0. The molecule has 0 bridgehead atoms. The van der Waals surface area contributed by atoms with Gasteiger partial charge in [-0.05, 0) is 23.0 Å². The van der Waals surface area contributed by atoms with E-state index in [1.807, 2.05) is 12.4 Å². The van der Waals surface area contributed by atoms with E-state index in [4.69, 9.17) is 0 Å². The van der Waals surface area contributed by atoms with Crippen LogP contribution in [-0.2, 0) is 0 Å². The molecular formula is C15H21BrN2. The van der Waals surface area contributed by atoms with E-state index in [9.17, 15) is 0 Å². The molecule has 0 saturated carbocycles. The van der Waals surface area contributed by atoms with E-state index in [-0.39, 0.29) is 17.0 Å². The van der Waals surface area contributed by atoms with Crippen molar-refractivity contribution in [2.75, 3.05) is 0 Å². The predicted molar refractivity (Wildman–Crippen MR) is 82.5 cm³/mol. The van der Waals surface area contributed by atoms with Gasteiger partial charge < -0.3 is 4.98 Å². The number of H-pyrrole nitrogens is 1. The Hall–Kier alpha value is -1.09. The Balaban J connectivity index is 0.00000162. The van der Waals surface area contributed by atoms with Gasteiger partial charge in [0.15, 0.2) is 0 Å². The molecule has 1 heterocycles. The highest BCUT2D eigenvalue weighted by molar-refractivity contribution is 8.93. The normalized spacial score (nSPS) is 10.8.